The molecule has 0 bridgehead atoms. The van der Waals surface area contributed by atoms with E-state index in [1.807, 2.05) is 18.2 Å². The van der Waals surface area contributed by atoms with Gasteiger partial charge in [0.2, 0.25) is 5.91 Å². The zero-order valence-electron chi connectivity index (χ0n) is 45.7. The van der Waals surface area contributed by atoms with Gasteiger partial charge in [-0.2, -0.15) is 0 Å². The zero-order valence-corrected chi connectivity index (χ0v) is 45.7. The van der Waals surface area contributed by atoms with Crippen LogP contribution in [0, 0.1) is 5.92 Å². The first kappa shape index (κ1) is 65.1. The van der Waals surface area contributed by atoms with Crippen LogP contribution in [0.25, 0.3) is 0 Å². The molecule has 1 aromatic carbocycles. The maximum Gasteiger partial charge on any atom is 0.251 e. The fourth-order valence-corrected chi connectivity index (χ4v) is 9.09. The number of nitrogens with one attached hydrogen (secondary N) is 3. The average Bonchev–Trinajstić information content (AvgIpc) is 3.37. The third-order valence-corrected chi connectivity index (χ3v) is 13.6. The molecule has 0 aliphatic carbocycles. The van der Waals surface area contributed by atoms with E-state index in [0.717, 1.165) is 77.0 Å². The van der Waals surface area contributed by atoms with E-state index in [1.54, 1.807) is 0 Å². The Hall–Kier alpha value is -2.92. The average molecular weight is 982 g/mol. The Bertz CT molecular complexity index is 1370. The first-order valence-electron chi connectivity index (χ1n) is 29.6. The van der Waals surface area contributed by atoms with Crippen LogP contribution < -0.4 is 42.6 Å². The highest BCUT2D eigenvalue weighted by atomic mass is 16.5. The van der Waals surface area contributed by atoms with Crippen LogP contribution in [-0.4, -0.2) is 70.3 Å². The number of nitrogens with two attached hydrogens (primary N) is 3. The SMILES string of the molecule is CCCCCCCC/C=C\CCCCCCCCOc1ccc(C(=O)NCCNC(=O)[C@H](CCCC(CCCN)CCCN)NCCCN)cc1OCCCCCCCC/C=C\CCCCCCCC. The Morgan fingerprint density at radius 2 is 0.900 bits per heavy atom. The van der Waals surface area contributed by atoms with Crippen molar-refractivity contribution in [3.05, 3.63) is 48.1 Å². The Morgan fingerprint density at radius 3 is 1.39 bits per heavy atom. The summed E-state index contributed by atoms with van der Waals surface area (Å²) in [7, 11) is 0. The zero-order chi connectivity index (χ0) is 50.6. The molecule has 70 heavy (non-hydrogen) atoms. The van der Waals surface area contributed by atoms with Gasteiger partial charge in [-0.25, -0.2) is 0 Å². The summed E-state index contributed by atoms with van der Waals surface area (Å²) in [6.07, 6.45) is 52.9. The molecular weight excluding hydrogens is 869 g/mol. The van der Waals surface area contributed by atoms with Crippen LogP contribution in [-0.2, 0) is 4.79 Å². The topological polar surface area (TPSA) is 167 Å². The standard InChI is InChI=1S/C60H112N6O4/c1-3-5-7-9-11-13-15-17-19-21-23-25-27-29-31-33-51-69-57-44-43-55(53-58(57)70-52-34-32-30-28-26-24-22-20-18-16-14-12-10-8-6-4-2)59(67)65-49-50-66-60(68)56(64-48-38-47-63)42-35-39-54(40-36-45-61)41-37-46-62/h17-20,43-44,53-54,56,64H,3-16,21-42,45-52,61-63H2,1-2H3,(H,65,67)(H,66,68)/b19-17-,20-18-/t56-/m0/s1. The van der Waals surface area contributed by atoms with Gasteiger partial charge in [-0.1, -0.05) is 167 Å². The molecule has 2 amide bonds. The third kappa shape index (κ3) is 39.7. The fraction of sp³-hybridized carbons (Fsp3) is 0.800. The molecule has 0 aliphatic heterocycles. The maximum atomic E-state index is 13.4. The predicted octanol–water partition coefficient (Wildman–Crippen LogP) is 13.9. The van der Waals surface area contributed by atoms with Gasteiger partial charge in [0.1, 0.15) is 0 Å². The van der Waals surface area contributed by atoms with Gasteiger partial charge >= 0.3 is 0 Å². The van der Waals surface area contributed by atoms with E-state index in [2.05, 4.69) is 54.1 Å². The molecule has 0 saturated carbocycles. The van der Waals surface area contributed by atoms with Gasteiger partial charge in [0.05, 0.1) is 19.3 Å². The highest BCUT2D eigenvalue weighted by Crippen LogP contribution is 2.29. The highest BCUT2D eigenvalue weighted by molar-refractivity contribution is 5.95. The second kappa shape index (κ2) is 51.0. The van der Waals surface area contributed by atoms with Crippen LogP contribution in [0.15, 0.2) is 42.5 Å². The molecule has 10 heteroatoms. The molecule has 0 saturated heterocycles. The minimum absolute atomic E-state index is 0.0445. The van der Waals surface area contributed by atoms with Crippen LogP contribution in [0.5, 0.6) is 11.5 Å². The van der Waals surface area contributed by atoms with Crippen LogP contribution >= 0.6 is 0 Å². The van der Waals surface area contributed by atoms with Crippen LogP contribution in [0.4, 0.5) is 0 Å². The van der Waals surface area contributed by atoms with Crippen molar-refractivity contribution in [3.8, 4) is 11.5 Å². The van der Waals surface area contributed by atoms with E-state index in [-0.39, 0.29) is 17.9 Å². The molecule has 9 N–H and O–H groups in total. The van der Waals surface area contributed by atoms with E-state index >= 15 is 0 Å². The minimum atomic E-state index is -0.303. The van der Waals surface area contributed by atoms with Gasteiger partial charge in [-0.3, -0.25) is 9.59 Å². The number of hydrogen-bond donors (Lipinski definition) is 6. The lowest BCUT2D eigenvalue weighted by atomic mass is 9.91. The van der Waals surface area contributed by atoms with Crippen LogP contribution in [0.3, 0.4) is 0 Å². The van der Waals surface area contributed by atoms with Gasteiger partial charge in [-0.15, -0.1) is 0 Å². The summed E-state index contributed by atoms with van der Waals surface area (Å²) in [5.41, 5.74) is 17.9. The molecule has 0 unspecified atom stereocenters. The Morgan fingerprint density at radius 1 is 0.471 bits per heavy atom. The Labute approximate surface area is 431 Å². The second-order valence-electron chi connectivity index (χ2n) is 20.1. The van der Waals surface area contributed by atoms with E-state index in [4.69, 9.17) is 26.7 Å². The predicted molar refractivity (Wildman–Crippen MR) is 301 cm³/mol. The van der Waals surface area contributed by atoms with Crippen molar-refractivity contribution in [3.63, 3.8) is 0 Å². The smallest absolute Gasteiger partial charge is 0.251 e. The molecule has 0 spiro atoms. The molecule has 0 heterocycles. The summed E-state index contributed by atoms with van der Waals surface area (Å²) in [6, 6.07) is 5.20. The van der Waals surface area contributed by atoms with Crippen LogP contribution in [0.2, 0.25) is 0 Å². The lowest BCUT2D eigenvalue weighted by molar-refractivity contribution is -0.123. The van der Waals surface area contributed by atoms with Crippen molar-refractivity contribution in [2.45, 2.75) is 251 Å². The van der Waals surface area contributed by atoms with Gasteiger partial charge < -0.3 is 42.6 Å². The Balaban J connectivity index is 2.62. The quantitative estimate of drug-likeness (QED) is 0.0277. The Kier molecular flexibility index (Phi) is 47.4. The molecule has 406 valence electrons. The number of allylic oxidation sites excluding steroid dienone is 4. The van der Waals surface area contributed by atoms with E-state index in [0.29, 0.717) is 75.5 Å². The number of rotatable bonds is 53. The van der Waals surface area contributed by atoms with Crippen molar-refractivity contribution in [2.75, 3.05) is 52.5 Å². The summed E-state index contributed by atoms with van der Waals surface area (Å²) in [4.78, 5) is 26.7. The molecule has 10 nitrogen and oxygen atoms in total. The summed E-state index contributed by atoms with van der Waals surface area (Å²) in [5, 5.41) is 9.47. The summed E-state index contributed by atoms with van der Waals surface area (Å²) >= 11 is 0. The van der Waals surface area contributed by atoms with Gasteiger partial charge in [0.25, 0.3) is 5.91 Å². The third-order valence-electron chi connectivity index (χ3n) is 13.6. The van der Waals surface area contributed by atoms with Gasteiger partial charge in [-0.05, 0) is 153 Å². The molecule has 0 radical (unpaired) electrons. The number of unbranched alkanes of at least 4 members (excludes halogenated alkanes) is 24. The van der Waals surface area contributed by atoms with E-state index in [1.165, 1.54) is 154 Å². The minimum Gasteiger partial charge on any atom is -0.490 e. The summed E-state index contributed by atoms with van der Waals surface area (Å²) < 4.78 is 12.6. The number of carbonyl (C=O) groups is 2. The van der Waals surface area contributed by atoms with Crippen molar-refractivity contribution in [2.24, 2.45) is 23.1 Å². The molecule has 0 aliphatic rings. The van der Waals surface area contributed by atoms with Crippen molar-refractivity contribution in [1.82, 2.24) is 16.0 Å². The van der Waals surface area contributed by atoms with Gasteiger partial charge in [0, 0.05) is 18.7 Å². The number of benzene rings is 1. The monoisotopic (exact) mass is 981 g/mol. The van der Waals surface area contributed by atoms with E-state index < -0.39 is 0 Å². The second-order valence-corrected chi connectivity index (χ2v) is 20.1. The lowest BCUT2D eigenvalue weighted by Gasteiger charge is -2.21. The molecule has 1 aromatic rings. The number of carbonyl (C=O) groups excluding carboxylic acids is 2. The van der Waals surface area contributed by atoms with Crippen molar-refractivity contribution < 1.29 is 19.1 Å². The molecule has 0 fully saturated rings. The number of ether oxygens (including phenoxy) is 2. The molecular formula is C60H112N6O4. The van der Waals surface area contributed by atoms with Gasteiger partial charge in [0.15, 0.2) is 11.5 Å². The summed E-state index contributed by atoms with van der Waals surface area (Å²) in [5.74, 6) is 1.66. The first-order valence-corrected chi connectivity index (χ1v) is 29.6. The van der Waals surface area contributed by atoms with Crippen LogP contribution in [0.1, 0.15) is 255 Å². The highest BCUT2D eigenvalue weighted by Gasteiger charge is 2.19. The molecule has 1 rings (SSSR count). The maximum absolute atomic E-state index is 13.4. The van der Waals surface area contributed by atoms with E-state index in [9.17, 15) is 9.59 Å². The van der Waals surface area contributed by atoms with Crippen molar-refractivity contribution in [1.29, 1.82) is 0 Å². The largest absolute Gasteiger partial charge is 0.490 e. The lowest BCUT2D eigenvalue weighted by Crippen LogP contribution is -2.46. The fourth-order valence-electron chi connectivity index (χ4n) is 9.09. The number of amides is 2. The number of hydrogen-bond acceptors (Lipinski definition) is 8. The van der Waals surface area contributed by atoms with Crippen molar-refractivity contribution >= 4 is 11.8 Å². The first-order chi connectivity index (χ1) is 34.5. The normalized spacial score (nSPS) is 12.1. The molecule has 1 atom stereocenters. The summed E-state index contributed by atoms with van der Waals surface area (Å²) in [6.45, 7) is 9.09. The molecule has 0 aromatic heterocycles.